The van der Waals surface area contributed by atoms with Crippen LogP contribution in [0.15, 0.2) is 34.8 Å². The van der Waals surface area contributed by atoms with E-state index in [2.05, 4.69) is 49.3 Å². The van der Waals surface area contributed by atoms with Crippen molar-refractivity contribution in [2.75, 3.05) is 11.9 Å². The van der Waals surface area contributed by atoms with Crippen molar-refractivity contribution < 1.29 is 19.1 Å². The highest BCUT2D eigenvalue weighted by Gasteiger charge is 2.32. The first-order chi connectivity index (χ1) is 12.9. The lowest BCUT2D eigenvalue weighted by Gasteiger charge is -2.17. The SMILES string of the molecule is Cc1cc(I)ccc1Nc1cc(F)c(Br)cc1C(=O)NOC(CO)C1CC1. The maximum Gasteiger partial charge on any atom is 0.277 e. The summed E-state index contributed by atoms with van der Waals surface area (Å²) in [6, 6.07) is 8.46. The van der Waals surface area contributed by atoms with Crippen molar-refractivity contribution in [2.24, 2.45) is 5.92 Å². The first-order valence-electron chi connectivity index (χ1n) is 8.48. The summed E-state index contributed by atoms with van der Waals surface area (Å²) in [6.07, 6.45) is 1.53. The van der Waals surface area contributed by atoms with Gasteiger partial charge in [0.25, 0.3) is 5.91 Å². The van der Waals surface area contributed by atoms with Gasteiger partial charge in [-0.15, -0.1) is 0 Å². The highest BCUT2D eigenvalue weighted by atomic mass is 127. The number of hydrogen-bond donors (Lipinski definition) is 3. The van der Waals surface area contributed by atoms with Crippen LogP contribution in [0.4, 0.5) is 15.8 Å². The minimum absolute atomic E-state index is 0.162. The zero-order chi connectivity index (χ0) is 19.6. The van der Waals surface area contributed by atoms with E-state index in [1.165, 1.54) is 12.1 Å². The smallest absolute Gasteiger partial charge is 0.277 e. The second-order valence-corrected chi connectivity index (χ2v) is 8.60. The predicted octanol–water partition coefficient (Wildman–Crippen LogP) is 4.68. The Balaban J connectivity index is 1.82. The molecule has 1 saturated carbocycles. The van der Waals surface area contributed by atoms with Crippen LogP contribution in [-0.2, 0) is 4.84 Å². The van der Waals surface area contributed by atoms with Crippen molar-refractivity contribution in [1.82, 2.24) is 5.48 Å². The number of halogens is 3. The van der Waals surface area contributed by atoms with Gasteiger partial charge in [0, 0.05) is 9.26 Å². The number of benzene rings is 2. The van der Waals surface area contributed by atoms with Crippen LogP contribution in [0.1, 0.15) is 28.8 Å². The molecule has 1 fully saturated rings. The Kier molecular flexibility index (Phi) is 6.72. The second kappa shape index (κ2) is 8.85. The van der Waals surface area contributed by atoms with Gasteiger partial charge in [0.15, 0.2) is 0 Å². The molecule has 1 atom stereocenters. The van der Waals surface area contributed by atoms with E-state index in [0.29, 0.717) is 5.69 Å². The molecule has 1 unspecified atom stereocenters. The molecule has 0 aliphatic heterocycles. The number of rotatable bonds is 7. The maximum absolute atomic E-state index is 14.1. The van der Waals surface area contributed by atoms with Crippen molar-refractivity contribution >= 4 is 55.8 Å². The van der Waals surface area contributed by atoms with Gasteiger partial charge in [-0.3, -0.25) is 9.63 Å². The highest BCUT2D eigenvalue weighted by Crippen LogP contribution is 2.34. The van der Waals surface area contributed by atoms with Gasteiger partial charge in [0.05, 0.1) is 22.3 Å². The van der Waals surface area contributed by atoms with Crippen LogP contribution in [0.5, 0.6) is 0 Å². The summed E-state index contributed by atoms with van der Waals surface area (Å²) >= 11 is 5.34. The van der Waals surface area contributed by atoms with Gasteiger partial charge in [-0.05, 0) is 100 Å². The summed E-state index contributed by atoms with van der Waals surface area (Å²) in [4.78, 5) is 18.0. The molecule has 5 nitrogen and oxygen atoms in total. The van der Waals surface area contributed by atoms with Crippen molar-refractivity contribution in [1.29, 1.82) is 0 Å². The van der Waals surface area contributed by atoms with E-state index in [4.69, 9.17) is 4.84 Å². The number of carbonyl (C=O) groups is 1. The normalized spacial score (nSPS) is 14.7. The summed E-state index contributed by atoms with van der Waals surface area (Å²) in [5.41, 5.74) is 4.69. The number of aliphatic hydroxyl groups excluding tert-OH is 1. The molecule has 1 aliphatic carbocycles. The van der Waals surface area contributed by atoms with E-state index in [1.54, 1.807) is 0 Å². The zero-order valence-corrected chi connectivity index (χ0v) is 18.3. The summed E-state index contributed by atoms with van der Waals surface area (Å²) in [6.45, 7) is 1.77. The Morgan fingerprint density at radius 2 is 2.11 bits per heavy atom. The zero-order valence-electron chi connectivity index (χ0n) is 14.6. The Morgan fingerprint density at radius 1 is 1.37 bits per heavy atom. The minimum atomic E-state index is -0.513. The third-order valence-electron chi connectivity index (χ3n) is 4.39. The number of carbonyl (C=O) groups excluding carboxylic acids is 1. The van der Waals surface area contributed by atoms with E-state index >= 15 is 0 Å². The van der Waals surface area contributed by atoms with Crippen LogP contribution in [0, 0.1) is 22.2 Å². The fourth-order valence-corrected chi connectivity index (χ4v) is 3.68. The van der Waals surface area contributed by atoms with Gasteiger partial charge >= 0.3 is 0 Å². The van der Waals surface area contributed by atoms with Gasteiger partial charge in [-0.2, -0.15) is 0 Å². The van der Waals surface area contributed by atoms with Crippen LogP contribution in [-0.4, -0.2) is 23.7 Å². The van der Waals surface area contributed by atoms with E-state index in [0.717, 1.165) is 27.7 Å². The van der Waals surface area contributed by atoms with Crippen molar-refractivity contribution in [3.63, 3.8) is 0 Å². The van der Waals surface area contributed by atoms with Crippen LogP contribution >= 0.6 is 38.5 Å². The Morgan fingerprint density at radius 3 is 2.74 bits per heavy atom. The number of anilines is 2. The third-order valence-corrected chi connectivity index (χ3v) is 5.67. The molecule has 2 aromatic rings. The van der Waals surface area contributed by atoms with E-state index in [-0.39, 0.29) is 22.6 Å². The summed E-state index contributed by atoms with van der Waals surface area (Å²) < 4.78 is 15.4. The van der Waals surface area contributed by atoms with Gasteiger partial charge in [-0.25, -0.2) is 9.87 Å². The molecule has 0 bridgehead atoms. The fourth-order valence-electron chi connectivity index (χ4n) is 2.69. The Bertz CT molecular complexity index is 861. The van der Waals surface area contributed by atoms with Crippen LogP contribution in [0.3, 0.4) is 0 Å². The molecule has 1 aliphatic rings. The monoisotopic (exact) mass is 548 g/mol. The molecule has 3 rings (SSSR count). The largest absolute Gasteiger partial charge is 0.394 e. The molecule has 1 amide bonds. The summed E-state index contributed by atoms with van der Waals surface area (Å²) in [5, 5.41) is 12.5. The molecule has 0 aromatic heterocycles. The fraction of sp³-hybridized carbons (Fsp3) is 0.316. The lowest BCUT2D eigenvalue weighted by Crippen LogP contribution is -2.33. The number of aliphatic hydroxyl groups is 1. The first kappa shape index (κ1) is 20.5. The standard InChI is InChI=1S/C19H19BrFIN2O3/c1-10-6-12(22)4-5-16(10)23-17-8-15(21)14(20)7-13(17)19(26)24-27-18(9-25)11-2-3-11/h4-8,11,18,23,25H,2-3,9H2,1H3,(H,24,26). The highest BCUT2D eigenvalue weighted by molar-refractivity contribution is 14.1. The quantitative estimate of drug-likeness (QED) is 0.347. The van der Waals surface area contributed by atoms with Crippen molar-refractivity contribution in [3.8, 4) is 0 Å². The van der Waals surface area contributed by atoms with E-state index in [9.17, 15) is 14.3 Å². The van der Waals surface area contributed by atoms with Crippen LogP contribution < -0.4 is 10.8 Å². The molecule has 8 heteroatoms. The minimum Gasteiger partial charge on any atom is -0.394 e. The molecular weight excluding hydrogens is 530 g/mol. The molecular formula is C19H19BrFIN2O3. The van der Waals surface area contributed by atoms with E-state index in [1.807, 2.05) is 25.1 Å². The molecule has 2 aromatic carbocycles. The molecule has 3 N–H and O–H groups in total. The van der Waals surface area contributed by atoms with Crippen molar-refractivity contribution in [3.05, 3.63) is 55.3 Å². The number of aryl methyl sites for hydroxylation is 1. The third kappa shape index (κ3) is 5.18. The van der Waals surface area contributed by atoms with Gasteiger partial charge in [0.2, 0.25) is 0 Å². The summed E-state index contributed by atoms with van der Waals surface area (Å²) in [7, 11) is 0. The lowest BCUT2D eigenvalue weighted by atomic mass is 10.1. The molecule has 0 radical (unpaired) electrons. The first-order valence-corrected chi connectivity index (χ1v) is 10.3. The molecule has 27 heavy (non-hydrogen) atoms. The topological polar surface area (TPSA) is 70.6 Å². The maximum atomic E-state index is 14.1. The number of hydrogen-bond acceptors (Lipinski definition) is 4. The molecule has 0 saturated heterocycles. The average Bonchev–Trinajstić information content (AvgIpc) is 3.45. The van der Waals surface area contributed by atoms with Crippen LogP contribution in [0.2, 0.25) is 0 Å². The second-order valence-electron chi connectivity index (χ2n) is 6.50. The molecule has 0 spiro atoms. The predicted molar refractivity (Wildman–Crippen MR) is 113 cm³/mol. The number of amides is 1. The summed E-state index contributed by atoms with van der Waals surface area (Å²) in [5.74, 6) is -0.730. The average molecular weight is 549 g/mol. The molecule has 0 heterocycles. The number of nitrogens with one attached hydrogen (secondary N) is 2. The Labute approximate surface area is 178 Å². The lowest BCUT2D eigenvalue weighted by molar-refractivity contribution is -0.0497. The van der Waals surface area contributed by atoms with Gasteiger partial charge in [-0.1, -0.05) is 0 Å². The van der Waals surface area contributed by atoms with Crippen LogP contribution in [0.25, 0.3) is 0 Å². The molecule has 144 valence electrons. The van der Waals surface area contributed by atoms with Gasteiger partial charge < -0.3 is 10.4 Å². The number of hydroxylamine groups is 1. The Hall–Kier alpha value is -1.23. The van der Waals surface area contributed by atoms with Crippen molar-refractivity contribution in [2.45, 2.75) is 25.9 Å². The van der Waals surface area contributed by atoms with Gasteiger partial charge in [0.1, 0.15) is 11.9 Å². The van der Waals surface area contributed by atoms with E-state index < -0.39 is 17.8 Å².